The van der Waals surface area contributed by atoms with Crippen LogP contribution in [0.25, 0.3) is 0 Å². The van der Waals surface area contributed by atoms with Gasteiger partial charge in [0.2, 0.25) is 0 Å². The van der Waals surface area contributed by atoms with Crippen LogP contribution < -0.4 is 5.32 Å². The second kappa shape index (κ2) is 8.34. The first kappa shape index (κ1) is 19.1. The van der Waals surface area contributed by atoms with E-state index in [0.717, 1.165) is 5.56 Å². The molecule has 3 rings (SSSR count). The molecule has 0 saturated carbocycles. The molecule has 0 spiro atoms. The van der Waals surface area contributed by atoms with E-state index in [1.165, 1.54) is 6.07 Å². The largest absolute Gasteiger partial charge is 0.513 e. The monoisotopic (exact) mass is 381 g/mol. The van der Waals surface area contributed by atoms with Crippen LogP contribution >= 0.6 is 0 Å². The molecule has 1 aliphatic heterocycles. The molecule has 2 aromatic rings. The number of hydrogen-bond acceptors (Lipinski definition) is 7. The van der Waals surface area contributed by atoms with E-state index in [0.29, 0.717) is 17.1 Å². The van der Waals surface area contributed by atoms with Crippen molar-refractivity contribution < 1.29 is 19.2 Å². The number of para-hydroxylation sites is 1. The van der Waals surface area contributed by atoms with Gasteiger partial charge in [-0.25, -0.2) is 4.79 Å². The molecule has 0 aromatic heterocycles. The third-order valence-corrected chi connectivity index (χ3v) is 4.11. The molecule has 1 unspecified atom stereocenters. The second-order valence-corrected chi connectivity index (χ2v) is 5.96. The lowest BCUT2D eigenvalue weighted by molar-refractivity contribution is -0.385. The van der Waals surface area contributed by atoms with Crippen molar-refractivity contribution in [2.24, 2.45) is 4.99 Å². The fraction of sp³-hybridized carbons (Fsp3) is 0.200. The molecule has 0 saturated heterocycles. The number of nitrogens with one attached hydrogen (secondary N) is 1. The van der Waals surface area contributed by atoms with Crippen molar-refractivity contribution in [2.75, 3.05) is 6.61 Å². The molecule has 0 aliphatic carbocycles. The molecule has 0 bridgehead atoms. The van der Waals surface area contributed by atoms with Crippen molar-refractivity contribution in [3.8, 4) is 0 Å². The zero-order valence-electron chi connectivity index (χ0n) is 15.4. The van der Waals surface area contributed by atoms with Gasteiger partial charge in [-0.1, -0.05) is 42.5 Å². The summed E-state index contributed by atoms with van der Waals surface area (Å²) in [4.78, 5) is 27.6. The molecule has 1 N–H and O–H groups in total. The zero-order chi connectivity index (χ0) is 20.1. The van der Waals surface area contributed by atoms with Crippen molar-refractivity contribution in [1.82, 2.24) is 5.32 Å². The molecular weight excluding hydrogens is 362 g/mol. The number of amidine groups is 1. The quantitative estimate of drug-likeness (QED) is 0.475. The summed E-state index contributed by atoms with van der Waals surface area (Å²) in [6.45, 7) is 3.52. The van der Waals surface area contributed by atoms with E-state index in [1.54, 1.807) is 32.0 Å². The number of carbonyl (C=O) groups excluding carboxylic acids is 1. The maximum atomic E-state index is 11.9. The fourth-order valence-electron chi connectivity index (χ4n) is 2.87. The van der Waals surface area contributed by atoms with Gasteiger partial charge < -0.3 is 14.8 Å². The molecular formula is C20H19N3O5. The maximum absolute atomic E-state index is 11.9. The molecule has 1 aliphatic rings. The first-order valence-electron chi connectivity index (χ1n) is 8.70. The number of rotatable bonds is 5. The Bertz CT molecular complexity index is 953. The van der Waals surface area contributed by atoms with E-state index < -0.39 is 17.1 Å². The number of nitro groups is 1. The van der Waals surface area contributed by atoms with Gasteiger partial charge in [0, 0.05) is 11.6 Å². The average Bonchev–Trinajstić information content (AvgIpc) is 2.70. The smallest absolute Gasteiger partial charge is 0.434 e. The highest BCUT2D eigenvalue weighted by Gasteiger charge is 2.32. The van der Waals surface area contributed by atoms with Crippen LogP contribution in [0.15, 0.2) is 71.0 Å². The summed E-state index contributed by atoms with van der Waals surface area (Å²) in [5, 5.41) is 14.6. The Morgan fingerprint density at radius 3 is 2.54 bits per heavy atom. The maximum Gasteiger partial charge on any atom is 0.513 e. The van der Waals surface area contributed by atoms with Gasteiger partial charge in [0.25, 0.3) is 5.69 Å². The van der Waals surface area contributed by atoms with Crippen LogP contribution in [-0.2, 0) is 9.47 Å². The molecule has 1 heterocycles. The van der Waals surface area contributed by atoms with Crippen molar-refractivity contribution in [3.05, 3.63) is 87.3 Å². The summed E-state index contributed by atoms with van der Waals surface area (Å²) < 4.78 is 10.2. The number of hydrogen-bond donors (Lipinski definition) is 1. The molecule has 0 radical (unpaired) electrons. The molecule has 0 amide bonds. The number of carbonyl (C=O) groups is 1. The highest BCUT2D eigenvalue weighted by Crippen LogP contribution is 2.37. The van der Waals surface area contributed by atoms with Gasteiger partial charge in [-0.2, -0.15) is 0 Å². The normalized spacial score (nSPS) is 16.1. The minimum atomic E-state index is -0.888. The Hall–Kier alpha value is -3.68. The van der Waals surface area contributed by atoms with E-state index in [9.17, 15) is 14.9 Å². The Balaban J connectivity index is 2.10. The van der Waals surface area contributed by atoms with Crippen LogP contribution in [-0.4, -0.2) is 23.5 Å². The van der Waals surface area contributed by atoms with Crippen LogP contribution in [0.3, 0.4) is 0 Å². The highest BCUT2D eigenvalue weighted by molar-refractivity contribution is 6.00. The third kappa shape index (κ3) is 4.01. The standard InChI is InChI=1S/C20H19N3O5/c1-3-27-20(24)28-18-13(2)21-19(14-9-5-4-6-10-14)22-17(18)15-11-7-8-12-16(15)23(25)26/h4-12,17H,3H2,1-2H3,(H,21,22). The predicted molar refractivity (Wildman–Crippen MR) is 103 cm³/mol. The van der Waals surface area contributed by atoms with E-state index in [4.69, 9.17) is 9.47 Å². The van der Waals surface area contributed by atoms with Crippen molar-refractivity contribution >= 4 is 17.7 Å². The summed E-state index contributed by atoms with van der Waals surface area (Å²) >= 11 is 0. The van der Waals surface area contributed by atoms with Crippen LogP contribution in [0, 0.1) is 10.1 Å². The van der Waals surface area contributed by atoms with Gasteiger partial charge in [0.05, 0.1) is 22.8 Å². The average molecular weight is 381 g/mol. The summed E-state index contributed by atoms with van der Waals surface area (Å²) in [7, 11) is 0. The molecule has 0 fully saturated rings. The molecule has 2 aromatic carbocycles. The van der Waals surface area contributed by atoms with Gasteiger partial charge in [-0.3, -0.25) is 15.1 Å². The lowest BCUT2D eigenvalue weighted by Crippen LogP contribution is -2.31. The summed E-state index contributed by atoms with van der Waals surface area (Å²) in [6, 6.07) is 14.7. The number of allylic oxidation sites excluding steroid dienone is 1. The predicted octanol–water partition coefficient (Wildman–Crippen LogP) is 4.09. The van der Waals surface area contributed by atoms with Gasteiger partial charge in [-0.15, -0.1) is 0 Å². The van der Waals surface area contributed by atoms with E-state index in [1.807, 2.05) is 30.3 Å². The Morgan fingerprint density at radius 2 is 1.86 bits per heavy atom. The van der Waals surface area contributed by atoms with Gasteiger partial charge >= 0.3 is 6.16 Å². The second-order valence-electron chi connectivity index (χ2n) is 5.96. The summed E-state index contributed by atoms with van der Waals surface area (Å²) in [5.41, 5.74) is 1.54. The number of ether oxygens (including phenoxy) is 2. The van der Waals surface area contributed by atoms with Gasteiger partial charge in [0.1, 0.15) is 11.9 Å². The lowest BCUT2D eigenvalue weighted by Gasteiger charge is -2.26. The van der Waals surface area contributed by atoms with E-state index >= 15 is 0 Å². The fourth-order valence-corrected chi connectivity index (χ4v) is 2.87. The Labute approximate surface area is 161 Å². The van der Waals surface area contributed by atoms with Crippen molar-refractivity contribution in [2.45, 2.75) is 19.9 Å². The van der Waals surface area contributed by atoms with Gasteiger partial charge in [0.15, 0.2) is 5.76 Å². The number of nitro benzene ring substituents is 1. The summed E-state index contributed by atoms with van der Waals surface area (Å²) in [6.07, 6.45) is -0.888. The minimum absolute atomic E-state index is 0.108. The zero-order valence-corrected chi connectivity index (χ0v) is 15.4. The van der Waals surface area contributed by atoms with Crippen LogP contribution in [0.2, 0.25) is 0 Å². The SMILES string of the molecule is CCOC(=O)OC1=C(C)NC(c2ccccc2)=NC1c1ccccc1[N+](=O)[O-]. The molecule has 28 heavy (non-hydrogen) atoms. The molecule has 144 valence electrons. The van der Waals surface area contributed by atoms with Gasteiger partial charge in [-0.05, 0) is 19.9 Å². The molecule has 8 heteroatoms. The van der Waals surface area contributed by atoms with E-state index in [2.05, 4.69) is 10.3 Å². The topological polar surface area (TPSA) is 103 Å². The van der Waals surface area contributed by atoms with Crippen LogP contribution in [0.5, 0.6) is 0 Å². The Morgan fingerprint density at radius 1 is 1.18 bits per heavy atom. The highest BCUT2D eigenvalue weighted by atomic mass is 16.7. The number of benzene rings is 2. The summed E-state index contributed by atoms with van der Waals surface area (Å²) in [5.74, 6) is 0.685. The first-order chi connectivity index (χ1) is 13.5. The lowest BCUT2D eigenvalue weighted by atomic mass is 10.00. The van der Waals surface area contributed by atoms with Crippen LogP contribution in [0.4, 0.5) is 10.5 Å². The third-order valence-electron chi connectivity index (χ3n) is 4.11. The van der Waals surface area contributed by atoms with E-state index in [-0.39, 0.29) is 18.1 Å². The number of aliphatic imine (C=N–C) groups is 1. The minimum Gasteiger partial charge on any atom is -0.434 e. The number of nitrogens with zero attached hydrogens (tertiary/aromatic N) is 2. The first-order valence-corrected chi connectivity index (χ1v) is 8.70. The molecule has 8 nitrogen and oxygen atoms in total. The molecule has 1 atom stereocenters. The van der Waals surface area contributed by atoms with Crippen LogP contribution in [0.1, 0.15) is 31.0 Å². The van der Waals surface area contributed by atoms with Crippen molar-refractivity contribution in [1.29, 1.82) is 0 Å². The van der Waals surface area contributed by atoms with Crippen molar-refractivity contribution in [3.63, 3.8) is 0 Å². The Kier molecular flexibility index (Phi) is 5.69.